The number of esters is 1. The van der Waals surface area contributed by atoms with Gasteiger partial charge in [0.2, 0.25) is 0 Å². The molecule has 2 aliphatic rings. The summed E-state index contributed by atoms with van der Waals surface area (Å²) in [4.78, 5) is 30.9. The van der Waals surface area contributed by atoms with Gasteiger partial charge in [-0.3, -0.25) is 9.59 Å². The highest BCUT2D eigenvalue weighted by Crippen LogP contribution is 2.49. The number of allylic oxidation sites excluding steroid dienone is 1. The number of cyclic esters (lactones) is 1. The first-order valence-corrected chi connectivity index (χ1v) is 13.9. The van der Waals surface area contributed by atoms with E-state index in [0.717, 1.165) is 22.7 Å². The number of aliphatic hydroxyl groups excluding tert-OH is 1. The highest BCUT2D eigenvalue weighted by atomic mass is 32.1. The van der Waals surface area contributed by atoms with Crippen LogP contribution in [0, 0.1) is 41.9 Å². The molecule has 0 aromatic carbocycles. The van der Waals surface area contributed by atoms with E-state index in [4.69, 9.17) is 4.74 Å². The molecule has 0 amide bonds. The maximum Gasteiger partial charge on any atom is 0.309 e. The Labute approximate surface area is 215 Å². The molecule has 2 unspecified atom stereocenters. The van der Waals surface area contributed by atoms with Crippen molar-refractivity contribution in [3.63, 3.8) is 0 Å². The molecule has 6 heteroatoms. The number of rotatable bonds is 2. The van der Waals surface area contributed by atoms with Crippen LogP contribution in [0.2, 0.25) is 0 Å². The summed E-state index contributed by atoms with van der Waals surface area (Å²) >= 11 is 1.59. The normalized spacial score (nSPS) is 36.7. The van der Waals surface area contributed by atoms with Crippen molar-refractivity contribution in [2.75, 3.05) is 0 Å². The van der Waals surface area contributed by atoms with Gasteiger partial charge in [0, 0.05) is 17.7 Å². The van der Waals surface area contributed by atoms with E-state index in [-0.39, 0.29) is 24.0 Å². The van der Waals surface area contributed by atoms with Crippen molar-refractivity contribution in [2.24, 2.45) is 35.0 Å². The van der Waals surface area contributed by atoms with E-state index < -0.39 is 23.6 Å². The molecule has 0 saturated heterocycles. The number of nitrogens with zero attached hydrogens (tertiary/aromatic N) is 1. The minimum Gasteiger partial charge on any atom is -0.457 e. The third-order valence-corrected chi connectivity index (χ3v) is 9.35. The lowest BCUT2D eigenvalue weighted by Crippen LogP contribution is -2.44. The fourth-order valence-electron chi connectivity index (χ4n) is 5.40. The molecule has 1 fully saturated rings. The minimum absolute atomic E-state index is 0.0131. The van der Waals surface area contributed by atoms with E-state index in [1.54, 1.807) is 25.2 Å². The molecule has 35 heavy (non-hydrogen) atoms. The minimum atomic E-state index is -1.10. The quantitative estimate of drug-likeness (QED) is 0.375. The first kappa shape index (κ1) is 27.8. The Morgan fingerprint density at radius 3 is 2.51 bits per heavy atom. The summed E-state index contributed by atoms with van der Waals surface area (Å²) in [5.74, 6) is 1.19. The van der Waals surface area contributed by atoms with Gasteiger partial charge in [0.05, 0.1) is 28.6 Å². The number of hydrogen-bond acceptors (Lipinski definition) is 6. The number of aryl methyl sites for hydroxylation is 1. The Morgan fingerprint density at radius 2 is 1.89 bits per heavy atom. The molecule has 0 bridgehead atoms. The van der Waals surface area contributed by atoms with Crippen LogP contribution in [-0.2, 0) is 14.3 Å². The van der Waals surface area contributed by atoms with Gasteiger partial charge >= 0.3 is 5.97 Å². The number of aromatic nitrogens is 1. The van der Waals surface area contributed by atoms with Crippen LogP contribution in [0.4, 0.5) is 0 Å². The Morgan fingerprint density at radius 1 is 1.20 bits per heavy atom. The van der Waals surface area contributed by atoms with Crippen LogP contribution in [-0.4, -0.2) is 34.1 Å². The Balaban J connectivity index is 1.89. The Hall–Kier alpha value is -1.79. The van der Waals surface area contributed by atoms with Crippen molar-refractivity contribution in [3.05, 3.63) is 33.3 Å². The second-order valence-electron chi connectivity index (χ2n) is 11.6. The lowest BCUT2D eigenvalue weighted by Gasteiger charge is -2.35. The lowest BCUT2D eigenvalue weighted by atomic mass is 9.70. The summed E-state index contributed by atoms with van der Waals surface area (Å²) < 4.78 is 5.91. The molecule has 0 spiro atoms. The molecule has 1 aliphatic heterocycles. The molecule has 1 aromatic heterocycles. The monoisotopic (exact) mass is 501 g/mol. The standard InChI is InChI=1S/C29H43NO4S/c1-16-9-10-25(18(3)12-23-15-35-21(6)30-23)34-27(32)14-26(31)29(7,8)28(33)20(5)19(4)17(2)11-22-13-24(16)22/h9,12,15,17,19-20,22,24-26,31H,10-11,13-14H2,1-8H3/b16-9-,18-12+/t17-,19-,20+,22?,24?,25-,26-/m0/s1. The third kappa shape index (κ3) is 6.71. The van der Waals surface area contributed by atoms with Crippen molar-refractivity contribution >= 4 is 29.2 Å². The van der Waals surface area contributed by atoms with Crippen LogP contribution in [0.3, 0.4) is 0 Å². The van der Waals surface area contributed by atoms with Crippen LogP contribution in [0.15, 0.2) is 22.6 Å². The smallest absolute Gasteiger partial charge is 0.309 e. The zero-order valence-electron chi connectivity index (χ0n) is 22.6. The average Bonchev–Trinajstić information content (AvgIpc) is 3.44. The predicted octanol–water partition coefficient (Wildman–Crippen LogP) is 6.40. The second kappa shape index (κ2) is 11.1. The summed E-state index contributed by atoms with van der Waals surface area (Å²) in [7, 11) is 0. The summed E-state index contributed by atoms with van der Waals surface area (Å²) in [5, 5.41) is 13.9. The van der Waals surface area contributed by atoms with Gasteiger partial charge in [-0.25, -0.2) is 4.98 Å². The van der Waals surface area contributed by atoms with E-state index in [1.165, 1.54) is 12.0 Å². The van der Waals surface area contributed by atoms with E-state index in [2.05, 4.69) is 31.8 Å². The van der Waals surface area contributed by atoms with E-state index in [0.29, 0.717) is 24.2 Å². The number of carbonyl (C=O) groups is 2. The van der Waals surface area contributed by atoms with Gasteiger partial charge in [-0.05, 0) is 68.9 Å². The molecule has 7 atom stereocenters. The van der Waals surface area contributed by atoms with Crippen LogP contribution in [0.5, 0.6) is 0 Å². The van der Waals surface area contributed by atoms with Gasteiger partial charge in [-0.1, -0.05) is 46.3 Å². The second-order valence-corrected chi connectivity index (χ2v) is 12.7. The third-order valence-electron chi connectivity index (χ3n) is 8.56. The maximum atomic E-state index is 13.4. The van der Waals surface area contributed by atoms with Crippen LogP contribution >= 0.6 is 11.3 Å². The number of Topliss-reactive ketones (excluding diaryl/α,β-unsaturated/α-hetero) is 1. The fourth-order valence-corrected chi connectivity index (χ4v) is 5.97. The predicted molar refractivity (Wildman–Crippen MR) is 142 cm³/mol. The van der Waals surface area contributed by atoms with Crippen LogP contribution in [0.1, 0.15) is 84.9 Å². The van der Waals surface area contributed by atoms with Gasteiger partial charge in [0.15, 0.2) is 0 Å². The molecule has 1 N–H and O–H groups in total. The number of fused-ring (bicyclic) bond motifs is 1. The van der Waals surface area contributed by atoms with Gasteiger partial charge < -0.3 is 9.84 Å². The number of ketones is 1. The van der Waals surface area contributed by atoms with Crippen molar-refractivity contribution < 1.29 is 19.4 Å². The SMILES string of the molecule is C/C1=C/C[C@@H](/C(C)=C/c2csc(C)n2)OC(=O)C[C@H](O)C(C)(C)C(=O)[C@H](C)[C@@H](C)[C@@H](C)CC2CC12. The summed E-state index contributed by atoms with van der Waals surface area (Å²) in [6, 6.07) is 0. The van der Waals surface area contributed by atoms with Crippen molar-refractivity contribution in [1.82, 2.24) is 4.98 Å². The molecule has 0 radical (unpaired) electrons. The van der Waals surface area contributed by atoms with Gasteiger partial charge in [0.1, 0.15) is 11.9 Å². The zero-order chi connectivity index (χ0) is 26.1. The van der Waals surface area contributed by atoms with Crippen molar-refractivity contribution in [1.29, 1.82) is 0 Å². The molecular formula is C29H43NO4S. The lowest BCUT2D eigenvalue weighted by molar-refractivity contribution is -0.153. The number of carbonyl (C=O) groups excluding carboxylic acids is 2. The molecule has 3 rings (SSSR count). The molecule has 1 saturated carbocycles. The number of aliphatic hydroxyl groups is 1. The molecule has 194 valence electrons. The molecule has 2 heterocycles. The maximum absolute atomic E-state index is 13.4. The zero-order valence-corrected chi connectivity index (χ0v) is 23.4. The molecular weight excluding hydrogens is 458 g/mol. The molecule has 1 aliphatic carbocycles. The van der Waals surface area contributed by atoms with Crippen molar-refractivity contribution in [2.45, 2.75) is 93.3 Å². The Bertz CT molecular complexity index is 991. The average molecular weight is 502 g/mol. The number of thiazole rings is 1. The molecule has 1 aromatic rings. The summed E-state index contributed by atoms with van der Waals surface area (Å²) in [6.45, 7) is 16.0. The highest BCUT2D eigenvalue weighted by molar-refractivity contribution is 7.09. The van der Waals surface area contributed by atoms with Gasteiger partial charge in [-0.2, -0.15) is 0 Å². The van der Waals surface area contributed by atoms with E-state index >= 15 is 0 Å². The van der Waals surface area contributed by atoms with Gasteiger partial charge in [0.25, 0.3) is 0 Å². The van der Waals surface area contributed by atoms with Crippen LogP contribution < -0.4 is 0 Å². The summed E-state index contributed by atoms with van der Waals surface area (Å²) in [6.07, 6.45) is 5.33. The summed E-state index contributed by atoms with van der Waals surface area (Å²) in [5.41, 5.74) is 2.10. The first-order chi connectivity index (χ1) is 16.3. The first-order valence-electron chi connectivity index (χ1n) is 13.0. The fraction of sp³-hybridized carbons (Fsp3) is 0.690. The van der Waals surface area contributed by atoms with E-state index in [1.807, 2.05) is 32.2 Å². The van der Waals surface area contributed by atoms with E-state index in [9.17, 15) is 14.7 Å². The Kier molecular flexibility index (Phi) is 8.80. The topological polar surface area (TPSA) is 76.5 Å². The van der Waals surface area contributed by atoms with Crippen LogP contribution in [0.25, 0.3) is 6.08 Å². The number of hydrogen-bond donors (Lipinski definition) is 1. The molecule has 5 nitrogen and oxygen atoms in total. The van der Waals surface area contributed by atoms with Crippen molar-refractivity contribution in [3.8, 4) is 0 Å². The van der Waals surface area contributed by atoms with Gasteiger partial charge in [-0.15, -0.1) is 11.3 Å². The number of ether oxygens (including phenoxy) is 1. The highest BCUT2D eigenvalue weighted by Gasteiger charge is 2.44. The largest absolute Gasteiger partial charge is 0.457 e.